The van der Waals surface area contributed by atoms with E-state index in [0.29, 0.717) is 42.1 Å². The van der Waals surface area contributed by atoms with E-state index in [1.807, 2.05) is 4.57 Å². The molecule has 0 atom stereocenters. The Morgan fingerprint density at radius 2 is 1.92 bits per heavy atom. The molecule has 0 amide bonds. The molecular formula is C29H42N6O2. The monoisotopic (exact) mass is 506 g/mol. The minimum atomic E-state index is 0.274. The van der Waals surface area contributed by atoms with E-state index >= 15 is 0 Å². The maximum absolute atomic E-state index is 6.23. The summed E-state index contributed by atoms with van der Waals surface area (Å²) in [5, 5.41) is 0. The zero-order valence-electron chi connectivity index (χ0n) is 23.1. The summed E-state index contributed by atoms with van der Waals surface area (Å²) in [7, 11) is 1.61. The van der Waals surface area contributed by atoms with Gasteiger partial charge in [-0.1, -0.05) is 51.0 Å². The molecule has 1 aromatic carbocycles. The number of aromatic nitrogens is 4. The molecule has 1 aliphatic rings. The number of hydrogen-bond acceptors (Lipinski definition) is 7. The lowest BCUT2D eigenvalue weighted by Crippen LogP contribution is -2.22. The van der Waals surface area contributed by atoms with Gasteiger partial charge in [-0.05, 0) is 74.4 Å². The molecule has 1 fully saturated rings. The maximum Gasteiger partial charge on any atom is 0.320 e. The summed E-state index contributed by atoms with van der Waals surface area (Å²) in [5.74, 6) is 0.873. The highest BCUT2D eigenvalue weighted by Gasteiger charge is 2.19. The lowest BCUT2D eigenvalue weighted by atomic mass is 9.91. The first-order valence-corrected chi connectivity index (χ1v) is 13.6. The average Bonchev–Trinajstić information content (AvgIpc) is 3.51. The van der Waals surface area contributed by atoms with Gasteiger partial charge in [-0.25, -0.2) is 0 Å². The van der Waals surface area contributed by atoms with Gasteiger partial charge in [0, 0.05) is 6.54 Å². The molecule has 0 unspecified atom stereocenters. The fourth-order valence-electron chi connectivity index (χ4n) is 5.01. The van der Waals surface area contributed by atoms with Crippen LogP contribution in [0, 0.1) is 5.92 Å². The van der Waals surface area contributed by atoms with Gasteiger partial charge in [-0.15, -0.1) is 0 Å². The molecule has 3 aromatic rings. The molecule has 8 nitrogen and oxygen atoms in total. The molecule has 4 rings (SSSR count). The van der Waals surface area contributed by atoms with Crippen LogP contribution in [-0.4, -0.2) is 57.8 Å². The Labute approximate surface area is 220 Å². The Kier molecular flexibility index (Phi) is 9.03. The van der Waals surface area contributed by atoms with Crippen LogP contribution in [0.1, 0.15) is 70.9 Å². The van der Waals surface area contributed by atoms with Crippen molar-refractivity contribution in [3.63, 3.8) is 0 Å². The van der Waals surface area contributed by atoms with Crippen molar-refractivity contribution < 1.29 is 9.47 Å². The third-order valence-electron chi connectivity index (χ3n) is 6.88. The Hall–Kier alpha value is -3.13. The second-order valence-electron chi connectivity index (χ2n) is 10.5. The second kappa shape index (κ2) is 12.4. The molecule has 200 valence electrons. The lowest BCUT2D eigenvalue weighted by molar-refractivity contribution is 0.286. The van der Waals surface area contributed by atoms with Gasteiger partial charge in [0.05, 0.1) is 20.3 Å². The molecule has 0 spiro atoms. The Balaban J connectivity index is 1.67. The van der Waals surface area contributed by atoms with Crippen LogP contribution >= 0.6 is 0 Å². The standard InChI is InChI=1S/C29H42N6O2/c1-6-7-15-37-28-32-26(30)25-27(33-28)35(29(31-25)36-5)19-22-11-10-12-23(17-22)24(16-20(2)3)21(4)18-34-13-8-9-14-34/h10-12,17,20H,6-9,13-16,18-19H2,1-5H3,(H2,30,32,33). The van der Waals surface area contributed by atoms with Gasteiger partial charge in [-0.3, -0.25) is 9.47 Å². The summed E-state index contributed by atoms with van der Waals surface area (Å²) in [6, 6.07) is 9.53. The van der Waals surface area contributed by atoms with Crippen LogP contribution in [-0.2, 0) is 6.54 Å². The molecule has 0 aliphatic carbocycles. The number of allylic oxidation sites excluding steroid dienone is 1. The van der Waals surface area contributed by atoms with Gasteiger partial charge in [0.2, 0.25) is 0 Å². The summed E-state index contributed by atoms with van der Waals surface area (Å²) >= 11 is 0. The number of rotatable bonds is 12. The minimum Gasteiger partial charge on any atom is -0.468 e. The van der Waals surface area contributed by atoms with Crippen LogP contribution in [0.25, 0.3) is 16.7 Å². The van der Waals surface area contributed by atoms with E-state index in [1.54, 1.807) is 7.11 Å². The molecular weight excluding hydrogens is 464 g/mol. The summed E-state index contributed by atoms with van der Waals surface area (Å²) in [4.78, 5) is 16.1. The number of imidazole rings is 1. The molecule has 0 saturated carbocycles. The number of nitrogens with zero attached hydrogens (tertiary/aromatic N) is 5. The fourth-order valence-corrected chi connectivity index (χ4v) is 5.01. The van der Waals surface area contributed by atoms with Crippen LogP contribution in [0.4, 0.5) is 5.82 Å². The van der Waals surface area contributed by atoms with Crippen molar-refractivity contribution in [3.05, 3.63) is 41.0 Å². The van der Waals surface area contributed by atoms with Gasteiger partial charge in [0.1, 0.15) is 0 Å². The van der Waals surface area contributed by atoms with Crippen molar-refractivity contribution in [1.82, 2.24) is 24.4 Å². The van der Waals surface area contributed by atoms with E-state index in [4.69, 9.17) is 15.2 Å². The number of ether oxygens (including phenoxy) is 2. The van der Waals surface area contributed by atoms with Crippen LogP contribution in [0.3, 0.4) is 0 Å². The number of likely N-dealkylation sites (tertiary alicyclic amines) is 1. The lowest BCUT2D eigenvalue weighted by Gasteiger charge is -2.21. The van der Waals surface area contributed by atoms with Gasteiger partial charge in [0.25, 0.3) is 6.01 Å². The minimum absolute atomic E-state index is 0.274. The van der Waals surface area contributed by atoms with Gasteiger partial charge >= 0.3 is 6.01 Å². The van der Waals surface area contributed by atoms with Crippen LogP contribution in [0.2, 0.25) is 0 Å². The smallest absolute Gasteiger partial charge is 0.320 e. The normalized spacial score (nSPS) is 15.0. The molecule has 3 heterocycles. The predicted octanol–water partition coefficient (Wildman–Crippen LogP) is 5.56. The number of unbranched alkanes of at least 4 members (excludes halogenated alkanes) is 1. The van der Waals surface area contributed by atoms with Crippen LogP contribution < -0.4 is 15.2 Å². The van der Waals surface area contributed by atoms with Gasteiger partial charge in [-0.2, -0.15) is 15.0 Å². The third kappa shape index (κ3) is 6.60. The summed E-state index contributed by atoms with van der Waals surface area (Å²) in [5.41, 5.74) is 12.7. The number of anilines is 1. The topological polar surface area (TPSA) is 91.3 Å². The van der Waals surface area contributed by atoms with E-state index in [2.05, 4.69) is 71.8 Å². The van der Waals surface area contributed by atoms with Gasteiger partial charge < -0.3 is 15.2 Å². The zero-order valence-corrected chi connectivity index (χ0v) is 23.1. The first-order chi connectivity index (χ1) is 17.9. The molecule has 37 heavy (non-hydrogen) atoms. The van der Waals surface area contributed by atoms with Crippen molar-refractivity contribution in [3.8, 4) is 12.0 Å². The Bertz CT molecular complexity index is 1230. The number of fused-ring (bicyclic) bond motifs is 1. The summed E-state index contributed by atoms with van der Waals surface area (Å²) < 4.78 is 13.3. The predicted molar refractivity (Wildman–Crippen MR) is 150 cm³/mol. The molecule has 0 radical (unpaired) electrons. The molecule has 2 aromatic heterocycles. The number of nitrogens with two attached hydrogens (primary N) is 1. The average molecular weight is 507 g/mol. The third-order valence-corrected chi connectivity index (χ3v) is 6.88. The van der Waals surface area contributed by atoms with Crippen molar-refractivity contribution in [2.45, 2.75) is 66.3 Å². The van der Waals surface area contributed by atoms with E-state index in [0.717, 1.165) is 31.4 Å². The number of methoxy groups -OCH3 is 1. The van der Waals surface area contributed by atoms with Crippen LogP contribution in [0.5, 0.6) is 12.0 Å². The number of benzene rings is 1. The fraction of sp³-hybridized carbons (Fsp3) is 0.552. The number of hydrogen-bond donors (Lipinski definition) is 1. The van der Waals surface area contributed by atoms with E-state index in [-0.39, 0.29) is 6.01 Å². The quantitative estimate of drug-likeness (QED) is 0.322. The molecule has 0 bridgehead atoms. The van der Waals surface area contributed by atoms with E-state index in [1.165, 1.54) is 42.6 Å². The number of nitrogen functional groups attached to an aromatic ring is 1. The highest BCUT2D eigenvalue weighted by Crippen LogP contribution is 2.30. The van der Waals surface area contributed by atoms with Crippen molar-refractivity contribution >= 4 is 22.6 Å². The van der Waals surface area contributed by atoms with Crippen molar-refractivity contribution in [2.75, 3.05) is 39.1 Å². The Morgan fingerprint density at radius 1 is 1.14 bits per heavy atom. The highest BCUT2D eigenvalue weighted by atomic mass is 16.5. The van der Waals surface area contributed by atoms with Crippen molar-refractivity contribution in [1.29, 1.82) is 0 Å². The van der Waals surface area contributed by atoms with E-state index in [9.17, 15) is 0 Å². The maximum atomic E-state index is 6.23. The summed E-state index contributed by atoms with van der Waals surface area (Å²) in [6.45, 7) is 13.6. The molecule has 1 saturated heterocycles. The Morgan fingerprint density at radius 3 is 2.62 bits per heavy atom. The SMILES string of the molecule is CCCCOc1nc(N)c2nc(OC)n(Cc3cccc(C(CC(C)C)=C(C)CN4CCCC4)c3)c2n1. The summed E-state index contributed by atoms with van der Waals surface area (Å²) in [6.07, 6.45) is 5.64. The second-order valence-corrected chi connectivity index (χ2v) is 10.5. The molecule has 2 N–H and O–H groups in total. The molecule has 1 aliphatic heterocycles. The van der Waals surface area contributed by atoms with E-state index < -0.39 is 0 Å². The highest BCUT2D eigenvalue weighted by molar-refractivity contribution is 5.83. The zero-order chi connectivity index (χ0) is 26.4. The van der Waals surface area contributed by atoms with Gasteiger partial charge in [0.15, 0.2) is 17.0 Å². The van der Waals surface area contributed by atoms with Crippen LogP contribution in [0.15, 0.2) is 29.8 Å². The largest absolute Gasteiger partial charge is 0.468 e. The van der Waals surface area contributed by atoms with Crippen molar-refractivity contribution in [2.24, 2.45) is 5.92 Å². The molecule has 8 heteroatoms. The first kappa shape index (κ1) is 26.9. The first-order valence-electron chi connectivity index (χ1n) is 13.6.